The first-order chi connectivity index (χ1) is 8.54. The van der Waals surface area contributed by atoms with Gasteiger partial charge in [-0.25, -0.2) is 9.78 Å². The van der Waals surface area contributed by atoms with Crippen LogP contribution in [0.1, 0.15) is 42.7 Å². The molecular formula is C13H19NO4. The molecule has 0 atom stereocenters. The molecule has 0 saturated carbocycles. The normalized spacial score (nSPS) is 10.7. The maximum Gasteiger partial charge on any atom is 0.335 e. The van der Waals surface area contributed by atoms with E-state index in [1.165, 1.54) is 6.07 Å². The molecule has 0 aromatic carbocycles. The van der Waals surface area contributed by atoms with Crippen molar-refractivity contribution in [3.05, 3.63) is 23.4 Å². The van der Waals surface area contributed by atoms with Gasteiger partial charge in [0.1, 0.15) is 6.61 Å². The fraction of sp³-hybridized carbons (Fsp3) is 0.538. The Balaban J connectivity index is 2.79. The van der Waals surface area contributed by atoms with Gasteiger partial charge in [0.25, 0.3) is 0 Å². The quantitative estimate of drug-likeness (QED) is 0.755. The van der Waals surface area contributed by atoms with Crippen molar-refractivity contribution in [3.63, 3.8) is 0 Å². The number of nitrogens with zero attached hydrogens (tertiary/aromatic N) is 1. The molecule has 1 rings (SSSR count). The summed E-state index contributed by atoms with van der Waals surface area (Å²) in [5.41, 5.74) is 0.904. The van der Waals surface area contributed by atoms with Crippen LogP contribution in [-0.4, -0.2) is 35.9 Å². The van der Waals surface area contributed by atoms with Gasteiger partial charge in [0.2, 0.25) is 5.88 Å². The molecule has 1 N–H and O–H groups in total. The zero-order valence-corrected chi connectivity index (χ0v) is 11.0. The number of aromatic carboxylic acids is 1. The van der Waals surface area contributed by atoms with Gasteiger partial charge in [-0.15, -0.1) is 0 Å². The Morgan fingerprint density at radius 1 is 1.39 bits per heavy atom. The zero-order chi connectivity index (χ0) is 13.5. The van der Waals surface area contributed by atoms with Crippen LogP contribution in [0, 0.1) is 0 Å². The monoisotopic (exact) mass is 253 g/mol. The molecular weight excluding hydrogens is 234 g/mol. The summed E-state index contributed by atoms with van der Waals surface area (Å²) in [6.07, 6.45) is 0. The van der Waals surface area contributed by atoms with E-state index >= 15 is 0 Å². The molecule has 18 heavy (non-hydrogen) atoms. The number of hydrogen-bond donors (Lipinski definition) is 1. The first kappa shape index (κ1) is 14.4. The van der Waals surface area contributed by atoms with Crippen LogP contribution in [-0.2, 0) is 4.74 Å². The number of carbonyl (C=O) groups is 1. The van der Waals surface area contributed by atoms with Crippen LogP contribution in [0.25, 0.3) is 0 Å². The SMILES string of the molecule is CCOCCOc1cc(C(=O)O)cc(C(C)C)n1. The van der Waals surface area contributed by atoms with Crippen LogP contribution < -0.4 is 4.74 Å². The van der Waals surface area contributed by atoms with E-state index in [1.807, 2.05) is 20.8 Å². The first-order valence-corrected chi connectivity index (χ1v) is 6.00. The molecule has 100 valence electrons. The number of rotatable bonds is 7. The standard InChI is InChI=1S/C13H19NO4/c1-4-17-5-6-18-12-8-10(13(15)16)7-11(14-12)9(2)3/h7-9H,4-6H2,1-3H3,(H,15,16). The minimum absolute atomic E-state index is 0.151. The summed E-state index contributed by atoms with van der Waals surface area (Å²) in [6.45, 7) is 7.27. The Bertz CT molecular complexity index is 404. The van der Waals surface area contributed by atoms with Crippen LogP contribution in [0.5, 0.6) is 5.88 Å². The number of pyridine rings is 1. The summed E-state index contributed by atoms with van der Waals surface area (Å²) in [6, 6.07) is 3.00. The molecule has 0 fully saturated rings. The molecule has 1 aromatic heterocycles. The van der Waals surface area contributed by atoms with Crippen molar-refractivity contribution in [1.82, 2.24) is 4.98 Å². The second-order valence-corrected chi connectivity index (χ2v) is 4.12. The summed E-state index contributed by atoms with van der Waals surface area (Å²) < 4.78 is 10.5. The van der Waals surface area contributed by atoms with Crippen molar-refractivity contribution in [3.8, 4) is 5.88 Å². The maximum absolute atomic E-state index is 11.0. The molecule has 0 unspecified atom stereocenters. The molecule has 0 aliphatic rings. The van der Waals surface area contributed by atoms with Crippen LogP contribution in [0.2, 0.25) is 0 Å². The summed E-state index contributed by atoms with van der Waals surface area (Å²) in [4.78, 5) is 15.3. The predicted molar refractivity (Wildman–Crippen MR) is 67.3 cm³/mol. The first-order valence-electron chi connectivity index (χ1n) is 6.00. The molecule has 0 spiro atoms. The highest BCUT2D eigenvalue weighted by molar-refractivity contribution is 5.88. The minimum atomic E-state index is -0.978. The largest absolute Gasteiger partial charge is 0.478 e. The number of ether oxygens (including phenoxy) is 2. The molecule has 1 heterocycles. The van der Waals surface area contributed by atoms with Crippen LogP contribution in [0.15, 0.2) is 12.1 Å². The van der Waals surface area contributed by atoms with Crippen molar-refractivity contribution in [1.29, 1.82) is 0 Å². The molecule has 0 radical (unpaired) electrons. The third-order valence-corrected chi connectivity index (χ3v) is 2.34. The molecule has 0 aliphatic heterocycles. The van der Waals surface area contributed by atoms with E-state index in [2.05, 4.69) is 4.98 Å². The average molecular weight is 253 g/mol. The van der Waals surface area contributed by atoms with Crippen molar-refractivity contribution in [2.75, 3.05) is 19.8 Å². The van der Waals surface area contributed by atoms with Crippen molar-refractivity contribution < 1.29 is 19.4 Å². The number of aromatic nitrogens is 1. The van der Waals surface area contributed by atoms with Crippen molar-refractivity contribution in [2.24, 2.45) is 0 Å². The highest BCUT2D eigenvalue weighted by Crippen LogP contribution is 2.19. The van der Waals surface area contributed by atoms with Gasteiger partial charge in [0, 0.05) is 18.4 Å². The van der Waals surface area contributed by atoms with E-state index in [4.69, 9.17) is 14.6 Å². The van der Waals surface area contributed by atoms with E-state index in [0.717, 1.165) is 0 Å². The van der Waals surface area contributed by atoms with E-state index in [0.29, 0.717) is 31.4 Å². The zero-order valence-electron chi connectivity index (χ0n) is 11.0. The van der Waals surface area contributed by atoms with Crippen LogP contribution in [0.3, 0.4) is 0 Å². The lowest BCUT2D eigenvalue weighted by Gasteiger charge is -2.10. The second-order valence-electron chi connectivity index (χ2n) is 4.12. The predicted octanol–water partition coefficient (Wildman–Crippen LogP) is 2.32. The summed E-state index contributed by atoms with van der Waals surface area (Å²) >= 11 is 0. The van der Waals surface area contributed by atoms with E-state index in [-0.39, 0.29) is 11.5 Å². The molecule has 5 nitrogen and oxygen atoms in total. The van der Waals surface area contributed by atoms with E-state index in [1.54, 1.807) is 6.07 Å². The third kappa shape index (κ3) is 4.33. The fourth-order valence-corrected chi connectivity index (χ4v) is 1.37. The smallest absolute Gasteiger partial charge is 0.335 e. The minimum Gasteiger partial charge on any atom is -0.478 e. The summed E-state index contributed by atoms with van der Waals surface area (Å²) in [5.74, 6) is -0.495. The van der Waals surface area contributed by atoms with Gasteiger partial charge in [0.05, 0.1) is 12.2 Å². The lowest BCUT2D eigenvalue weighted by atomic mass is 10.1. The lowest BCUT2D eigenvalue weighted by Crippen LogP contribution is -2.09. The van der Waals surface area contributed by atoms with E-state index in [9.17, 15) is 4.79 Å². The number of carboxylic acids is 1. The van der Waals surface area contributed by atoms with Crippen LogP contribution >= 0.6 is 0 Å². The van der Waals surface area contributed by atoms with Gasteiger partial charge >= 0.3 is 5.97 Å². The number of hydrogen-bond acceptors (Lipinski definition) is 4. The summed E-state index contributed by atoms with van der Waals surface area (Å²) in [7, 11) is 0. The van der Waals surface area contributed by atoms with Gasteiger partial charge in [0.15, 0.2) is 0 Å². The molecule has 5 heteroatoms. The van der Waals surface area contributed by atoms with Crippen molar-refractivity contribution >= 4 is 5.97 Å². The molecule has 0 bridgehead atoms. The second kappa shape index (κ2) is 6.96. The van der Waals surface area contributed by atoms with Gasteiger partial charge in [-0.1, -0.05) is 13.8 Å². The number of carboxylic acid groups (broad SMARTS) is 1. The average Bonchev–Trinajstić information content (AvgIpc) is 2.34. The van der Waals surface area contributed by atoms with Crippen LogP contribution in [0.4, 0.5) is 0 Å². The Morgan fingerprint density at radius 3 is 2.67 bits per heavy atom. The van der Waals surface area contributed by atoms with Gasteiger partial charge in [-0.3, -0.25) is 0 Å². The van der Waals surface area contributed by atoms with Crippen molar-refractivity contribution in [2.45, 2.75) is 26.7 Å². The van der Waals surface area contributed by atoms with Gasteiger partial charge < -0.3 is 14.6 Å². The Hall–Kier alpha value is -1.62. The van der Waals surface area contributed by atoms with Gasteiger partial charge in [-0.05, 0) is 18.9 Å². The molecule has 0 amide bonds. The Labute approximate surface area is 107 Å². The third-order valence-electron chi connectivity index (χ3n) is 2.34. The Kier molecular flexibility index (Phi) is 5.58. The highest BCUT2D eigenvalue weighted by atomic mass is 16.5. The Morgan fingerprint density at radius 2 is 2.11 bits per heavy atom. The fourth-order valence-electron chi connectivity index (χ4n) is 1.37. The highest BCUT2D eigenvalue weighted by Gasteiger charge is 2.11. The molecule has 0 saturated heterocycles. The lowest BCUT2D eigenvalue weighted by molar-refractivity contribution is 0.0695. The molecule has 0 aliphatic carbocycles. The van der Waals surface area contributed by atoms with E-state index < -0.39 is 5.97 Å². The maximum atomic E-state index is 11.0. The van der Waals surface area contributed by atoms with Gasteiger partial charge in [-0.2, -0.15) is 0 Å². The summed E-state index contributed by atoms with van der Waals surface area (Å²) in [5, 5.41) is 9.02. The molecule has 1 aromatic rings. The topological polar surface area (TPSA) is 68.7 Å².